The van der Waals surface area contributed by atoms with E-state index in [1.54, 1.807) is 0 Å². The number of likely N-dealkylation sites (N-methyl/N-ethyl adjacent to an activating group) is 1. The van der Waals surface area contributed by atoms with Crippen LogP contribution in [0.3, 0.4) is 0 Å². The largest absolute Gasteiger partial charge is 0.480 e. The molecule has 0 atom stereocenters. The van der Waals surface area contributed by atoms with E-state index >= 15 is 0 Å². The summed E-state index contributed by atoms with van der Waals surface area (Å²) < 4.78 is 1.86. The van der Waals surface area contributed by atoms with Crippen molar-refractivity contribution in [2.24, 2.45) is 0 Å². The number of nitrogens with zero attached hydrogens (tertiary/aromatic N) is 3. The Morgan fingerprint density at radius 2 is 2.04 bits per heavy atom. The maximum Gasteiger partial charge on any atom is 0.323 e. The molecule has 0 bridgehead atoms. The van der Waals surface area contributed by atoms with E-state index in [0.717, 1.165) is 41.8 Å². The minimum absolute atomic E-state index is 0.329. The van der Waals surface area contributed by atoms with Crippen LogP contribution in [-0.4, -0.2) is 45.3 Å². The minimum atomic E-state index is -1.03. The van der Waals surface area contributed by atoms with Crippen molar-refractivity contribution in [2.75, 3.05) is 13.6 Å². The van der Waals surface area contributed by atoms with E-state index in [-0.39, 0.29) is 12.5 Å². The maximum atomic E-state index is 12.6. The van der Waals surface area contributed by atoms with Gasteiger partial charge in [-0.1, -0.05) is 17.7 Å². The number of carbonyl (C=O) groups is 2. The summed E-state index contributed by atoms with van der Waals surface area (Å²) in [4.78, 5) is 24.7. The number of hydrogen-bond donors (Lipinski definition) is 1. The Morgan fingerprint density at radius 3 is 2.71 bits per heavy atom. The number of hydrogen-bond acceptors (Lipinski definition) is 3. The fraction of sp³-hybridized carbons (Fsp3) is 0.389. The van der Waals surface area contributed by atoms with Gasteiger partial charge in [-0.3, -0.25) is 9.59 Å². The molecule has 1 N–H and O–H groups in total. The predicted octanol–water partition coefficient (Wildman–Crippen LogP) is 2.13. The number of carbonyl (C=O) groups excluding carboxylic acids is 1. The standard InChI is InChI=1S/C18H21N3O3/c1-11-7-8-14(12(2)9-11)21-15-6-4-5-13(15)17(19-21)18(24)20(3)10-16(22)23/h7-9H,4-6,10H2,1-3H3,(H,22,23). The van der Waals surface area contributed by atoms with Crippen LogP contribution < -0.4 is 0 Å². The summed E-state index contributed by atoms with van der Waals surface area (Å²) in [5.74, 6) is -1.37. The summed E-state index contributed by atoms with van der Waals surface area (Å²) in [6.07, 6.45) is 2.68. The normalized spacial score (nSPS) is 13.0. The van der Waals surface area contributed by atoms with Gasteiger partial charge in [0.2, 0.25) is 0 Å². The molecule has 1 aromatic carbocycles. The van der Waals surface area contributed by atoms with Crippen molar-refractivity contribution >= 4 is 11.9 Å². The fourth-order valence-corrected chi connectivity index (χ4v) is 3.31. The number of carboxylic acids is 1. The van der Waals surface area contributed by atoms with Gasteiger partial charge in [-0.15, -0.1) is 0 Å². The molecule has 0 radical (unpaired) electrons. The maximum absolute atomic E-state index is 12.6. The average molecular weight is 327 g/mol. The molecule has 2 aromatic rings. The zero-order valence-electron chi connectivity index (χ0n) is 14.2. The Bertz CT molecular complexity index is 823. The molecule has 0 saturated heterocycles. The second kappa shape index (κ2) is 6.11. The molecule has 3 rings (SSSR count). The van der Waals surface area contributed by atoms with Crippen molar-refractivity contribution in [3.63, 3.8) is 0 Å². The first-order valence-electron chi connectivity index (χ1n) is 8.04. The lowest BCUT2D eigenvalue weighted by Gasteiger charge is -2.13. The lowest BCUT2D eigenvalue weighted by molar-refractivity contribution is -0.137. The number of fused-ring (bicyclic) bond motifs is 1. The van der Waals surface area contributed by atoms with Crippen LogP contribution >= 0.6 is 0 Å². The van der Waals surface area contributed by atoms with Crippen LogP contribution in [0.15, 0.2) is 18.2 Å². The predicted molar refractivity (Wildman–Crippen MR) is 89.7 cm³/mol. The van der Waals surface area contributed by atoms with Crippen LogP contribution in [0, 0.1) is 13.8 Å². The minimum Gasteiger partial charge on any atom is -0.480 e. The van der Waals surface area contributed by atoms with Gasteiger partial charge in [0.25, 0.3) is 5.91 Å². The fourth-order valence-electron chi connectivity index (χ4n) is 3.31. The number of carboxylic acid groups (broad SMARTS) is 1. The second-order valence-corrected chi connectivity index (χ2v) is 6.38. The first kappa shape index (κ1) is 16.2. The van der Waals surface area contributed by atoms with Crippen molar-refractivity contribution in [3.05, 3.63) is 46.3 Å². The van der Waals surface area contributed by atoms with E-state index in [1.807, 2.05) is 30.7 Å². The van der Waals surface area contributed by atoms with Gasteiger partial charge in [-0.05, 0) is 44.7 Å². The molecule has 6 nitrogen and oxygen atoms in total. The topological polar surface area (TPSA) is 75.4 Å². The van der Waals surface area contributed by atoms with Gasteiger partial charge >= 0.3 is 5.97 Å². The summed E-state index contributed by atoms with van der Waals surface area (Å²) in [5.41, 5.74) is 5.65. The SMILES string of the molecule is Cc1ccc(-n2nc(C(=O)N(C)CC(=O)O)c3c2CCC3)c(C)c1. The zero-order chi connectivity index (χ0) is 17.4. The van der Waals surface area contributed by atoms with Gasteiger partial charge in [-0.25, -0.2) is 4.68 Å². The van der Waals surface area contributed by atoms with Gasteiger partial charge in [0.1, 0.15) is 6.54 Å². The number of rotatable bonds is 4. The third-order valence-electron chi connectivity index (χ3n) is 4.43. The Balaban J connectivity index is 2.05. The molecule has 1 heterocycles. The van der Waals surface area contributed by atoms with Gasteiger partial charge in [0.05, 0.1) is 5.69 Å². The van der Waals surface area contributed by atoms with Gasteiger partial charge < -0.3 is 10.0 Å². The molecule has 0 saturated carbocycles. The third kappa shape index (κ3) is 2.79. The monoisotopic (exact) mass is 327 g/mol. The Morgan fingerprint density at radius 1 is 1.29 bits per heavy atom. The lowest BCUT2D eigenvalue weighted by atomic mass is 10.1. The number of amides is 1. The molecule has 1 aliphatic carbocycles. The summed E-state index contributed by atoms with van der Waals surface area (Å²) in [7, 11) is 1.49. The summed E-state index contributed by atoms with van der Waals surface area (Å²) >= 11 is 0. The molecule has 24 heavy (non-hydrogen) atoms. The molecule has 0 fully saturated rings. The zero-order valence-corrected chi connectivity index (χ0v) is 14.2. The summed E-state index contributed by atoms with van der Waals surface area (Å²) in [5, 5.41) is 13.5. The van der Waals surface area contributed by atoms with Crippen molar-refractivity contribution in [2.45, 2.75) is 33.1 Å². The first-order valence-corrected chi connectivity index (χ1v) is 8.04. The van der Waals surface area contributed by atoms with E-state index in [9.17, 15) is 9.59 Å². The molecule has 1 amide bonds. The molecule has 0 spiro atoms. The van der Waals surface area contributed by atoms with Crippen molar-refractivity contribution in [1.82, 2.24) is 14.7 Å². The smallest absolute Gasteiger partial charge is 0.323 e. The van der Waals surface area contributed by atoms with Crippen LogP contribution in [-0.2, 0) is 17.6 Å². The Labute approximate surface area is 140 Å². The van der Waals surface area contributed by atoms with Gasteiger partial charge in [0.15, 0.2) is 5.69 Å². The second-order valence-electron chi connectivity index (χ2n) is 6.38. The summed E-state index contributed by atoms with van der Waals surface area (Å²) in [6, 6.07) is 6.14. The van der Waals surface area contributed by atoms with E-state index in [4.69, 9.17) is 5.11 Å². The highest BCUT2D eigenvalue weighted by atomic mass is 16.4. The molecule has 0 aliphatic heterocycles. The quantitative estimate of drug-likeness (QED) is 0.933. The molecule has 6 heteroatoms. The number of benzene rings is 1. The average Bonchev–Trinajstić information content (AvgIpc) is 3.08. The van der Waals surface area contributed by atoms with E-state index in [2.05, 4.69) is 11.2 Å². The number of aryl methyl sites for hydroxylation is 2. The van der Waals surface area contributed by atoms with Crippen LogP contribution in [0.1, 0.15) is 39.3 Å². The molecule has 126 valence electrons. The summed E-state index contributed by atoms with van der Waals surface area (Å²) in [6.45, 7) is 3.74. The highest BCUT2D eigenvalue weighted by molar-refractivity contribution is 5.95. The van der Waals surface area contributed by atoms with Crippen LogP contribution in [0.2, 0.25) is 0 Å². The van der Waals surface area contributed by atoms with Crippen LogP contribution in [0.4, 0.5) is 0 Å². The number of aromatic nitrogens is 2. The Kier molecular flexibility index (Phi) is 4.13. The van der Waals surface area contributed by atoms with Crippen molar-refractivity contribution < 1.29 is 14.7 Å². The van der Waals surface area contributed by atoms with Gasteiger partial charge in [-0.2, -0.15) is 5.10 Å². The van der Waals surface area contributed by atoms with Crippen LogP contribution in [0.5, 0.6) is 0 Å². The molecule has 1 aromatic heterocycles. The third-order valence-corrected chi connectivity index (χ3v) is 4.43. The highest BCUT2D eigenvalue weighted by Crippen LogP contribution is 2.29. The lowest BCUT2D eigenvalue weighted by Crippen LogP contribution is -2.32. The highest BCUT2D eigenvalue weighted by Gasteiger charge is 2.29. The van der Waals surface area contributed by atoms with Gasteiger partial charge in [0, 0.05) is 18.3 Å². The van der Waals surface area contributed by atoms with E-state index < -0.39 is 5.97 Å². The first-order chi connectivity index (χ1) is 11.4. The Hall–Kier alpha value is -2.63. The van der Waals surface area contributed by atoms with Crippen molar-refractivity contribution in [3.8, 4) is 5.69 Å². The molecular formula is C18H21N3O3. The van der Waals surface area contributed by atoms with Crippen LogP contribution in [0.25, 0.3) is 5.69 Å². The molecule has 0 unspecified atom stereocenters. The molecular weight excluding hydrogens is 306 g/mol. The van der Waals surface area contributed by atoms with E-state index in [1.165, 1.54) is 17.5 Å². The van der Waals surface area contributed by atoms with Crippen molar-refractivity contribution in [1.29, 1.82) is 0 Å². The molecule has 1 aliphatic rings. The van der Waals surface area contributed by atoms with E-state index in [0.29, 0.717) is 5.69 Å². The number of aliphatic carboxylic acids is 1.